The van der Waals surface area contributed by atoms with Crippen LogP contribution < -0.4 is 4.74 Å². The van der Waals surface area contributed by atoms with Crippen LogP contribution in [0.1, 0.15) is 6.92 Å². The van der Waals surface area contributed by atoms with Gasteiger partial charge in [-0.25, -0.2) is 16.8 Å². The lowest BCUT2D eigenvalue weighted by molar-refractivity contribution is 0.341. The maximum Gasteiger partial charge on any atom is 0.261 e. The van der Waals surface area contributed by atoms with E-state index in [4.69, 9.17) is 38.6 Å². The summed E-state index contributed by atoms with van der Waals surface area (Å²) in [7, 11) is -1.96. The summed E-state index contributed by atoms with van der Waals surface area (Å²) < 4.78 is 50.1. The molecule has 0 aliphatic heterocycles. The van der Waals surface area contributed by atoms with Crippen molar-refractivity contribution in [3.63, 3.8) is 0 Å². The molecule has 1 aromatic carbocycles. The van der Waals surface area contributed by atoms with Crippen molar-refractivity contribution >= 4 is 52.8 Å². The summed E-state index contributed by atoms with van der Waals surface area (Å²) in [4.78, 5) is -0.261. The number of hydrogen-bond acceptors (Lipinski definition) is 5. The van der Waals surface area contributed by atoms with E-state index >= 15 is 0 Å². The van der Waals surface area contributed by atoms with Crippen LogP contribution >= 0.6 is 33.9 Å². The number of sulfone groups is 1. The first-order valence-electron chi connectivity index (χ1n) is 5.34. The van der Waals surface area contributed by atoms with Crippen LogP contribution in [0, 0.1) is 0 Å². The van der Waals surface area contributed by atoms with Crippen LogP contribution in [-0.4, -0.2) is 34.9 Å². The van der Waals surface area contributed by atoms with E-state index in [9.17, 15) is 16.8 Å². The zero-order valence-corrected chi connectivity index (χ0v) is 14.2. The fourth-order valence-electron chi connectivity index (χ4n) is 1.23. The number of benzene rings is 1. The number of halogens is 3. The fraction of sp³-hybridized carbons (Fsp3) is 0.400. The van der Waals surface area contributed by atoms with Gasteiger partial charge in [0.05, 0.1) is 20.7 Å². The van der Waals surface area contributed by atoms with Gasteiger partial charge < -0.3 is 4.74 Å². The van der Waals surface area contributed by atoms with Gasteiger partial charge in [-0.2, -0.15) is 0 Å². The summed E-state index contributed by atoms with van der Waals surface area (Å²) in [6, 6.07) is 2.17. The second-order valence-electron chi connectivity index (χ2n) is 3.74. The summed E-state index contributed by atoms with van der Waals surface area (Å²) in [5.41, 5.74) is 0. The Hall–Kier alpha value is -0.210. The molecule has 0 unspecified atom stereocenters. The van der Waals surface area contributed by atoms with Crippen LogP contribution in [0.25, 0.3) is 0 Å². The summed E-state index contributed by atoms with van der Waals surface area (Å²) in [6.07, 6.45) is 0. The standard InChI is InChI=1S/C10H11Cl3O5S2/c1-2-19(14,15)4-3-18-10-8(11)5-7(6-9(10)12)20(13,16)17/h5-6H,2-4H2,1H3. The Morgan fingerprint density at radius 3 is 2.00 bits per heavy atom. The average Bonchev–Trinajstić information content (AvgIpc) is 2.31. The predicted octanol–water partition coefficient (Wildman–Crippen LogP) is 2.73. The average molecular weight is 382 g/mol. The summed E-state index contributed by atoms with van der Waals surface area (Å²) in [6.45, 7) is 1.39. The molecule has 5 nitrogen and oxygen atoms in total. The van der Waals surface area contributed by atoms with Gasteiger partial charge in [0.2, 0.25) is 0 Å². The number of hydrogen-bond donors (Lipinski definition) is 0. The SMILES string of the molecule is CCS(=O)(=O)CCOc1c(Cl)cc(S(=O)(=O)Cl)cc1Cl. The van der Waals surface area contributed by atoms with Crippen molar-refractivity contribution in [3.05, 3.63) is 22.2 Å². The Bertz CT molecular complexity index is 675. The molecular formula is C10H11Cl3O5S2. The third-order valence-electron chi connectivity index (χ3n) is 2.33. The van der Waals surface area contributed by atoms with Crippen molar-refractivity contribution < 1.29 is 21.6 Å². The van der Waals surface area contributed by atoms with Gasteiger partial charge in [-0.15, -0.1) is 0 Å². The number of ether oxygens (including phenoxy) is 1. The Morgan fingerprint density at radius 1 is 1.10 bits per heavy atom. The second-order valence-corrected chi connectivity index (χ2v) is 9.59. The lowest BCUT2D eigenvalue weighted by atomic mass is 10.3. The highest BCUT2D eigenvalue weighted by Gasteiger charge is 2.17. The maximum atomic E-state index is 11.3. The Labute approximate surface area is 132 Å². The first kappa shape index (κ1) is 17.8. The van der Waals surface area contributed by atoms with Crippen LogP contribution in [0.3, 0.4) is 0 Å². The van der Waals surface area contributed by atoms with Gasteiger partial charge in [0.15, 0.2) is 15.6 Å². The predicted molar refractivity (Wildman–Crippen MR) is 79.3 cm³/mol. The highest BCUT2D eigenvalue weighted by molar-refractivity contribution is 8.13. The van der Waals surface area contributed by atoms with Gasteiger partial charge in [-0.1, -0.05) is 30.1 Å². The minimum atomic E-state index is -3.96. The molecule has 0 saturated heterocycles. The molecule has 0 aliphatic rings. The molecule has 20 heavy (non-hydrogen) atoms. The normalized spacial score (nSPS) is 12.4. The van der Waals surface area contributed by atoms with Gasteiger partial charge in [0.1, 0.15) is 6.61 Å². The Morgan fingerprint density at radius 2 is 1.60 bits per heavy atom. The van der Waals surface area contributed by atoms with Crippen LogP contribution in [0.4, 0.5) is 0 Å². The molecule has 0 amide bonds. The molecule has 0 bridgehead atoms. The Kier molecular flexibility index (Phi) is 5.98. The van der Waals surface area contributed by atoms with Crippen LogP contribution in [0.5, 0.6) is 5.75 Å². The molecule has 0 radical (unpaired) electrons. The largest absolute Gasteiger partial charge is 0.489 e. The lowest BCUT2D eigenvalue weighted by Gasteiger charge is -2.10. The molecule has 1 aromatic rings. The van der Waals surface area contributed by atoms with E-state index < -0.39 is 18.9 Å². The molecule has 0 fully saturated rings. The molecule has 114 valence electrons. The third-order valence-corrected chi connectivity index (χ3v) is 5.90. The first-order valence-corrected chi connectivity index (χ1v) is 10.2. The maximum absolute atomic E-state index is 11.3. The van der Waals surface area contributed by atoms with Gasteiger partial charge >= 0.3 is 0 Å². The van der Waals surface area contributed by atoms with Crippen molar-refractivity contribution in [1.82, 2.24) is 0 Å². The van der Waals surface area contributed by atoms with Gasteiger partial charge in [0.25, 0.3) is 9.05 Å². The fourth-order valence-corrected chi connectivity index (χ4v) is 3.37. The van der Waals surface area contributed by atoms with E-state index in [0.29, 0.717) is 0 Å². The van der Waals surface area contributed by atoms with Crippen molar-refractivity contribution in [2.24, 2.45) is 0 Å². The first-order chi connectivity index (χ1) is 9.07. The van der Waals surface area contributed by atoms with E-state index in [1.54, 1.807) is 0 Å². The summed E-state index contributed by atoms with van der Waals surface area (Å²) in [5, 5.41) is -0.128. The molecule has 1 rings (SSSR count). The molecule has 10 heteroatoms. The van der Waals surface area contributed by atoms with Gasteiger partial charge in [-0.3, -0.25) is 0 Å². The summed E-state index contributed by atoms with van der Waals surface area (Å²) in [5.74, 6) is -0.170. The zero-order chi connectivity index (χ0) is 15.6. The van der Waals surface area contributed by atoms with E-state index in [-0.39, 0.29) is 38.8 Å². The highest BCUT2D eigenvalue weighted by atomic mass is 35.7. The molecule has 0 atom stereocenters. The van der Waals surface area contributed by atoms with Crippen LogP contribution in [-0.2, 0) is 18.9 Å². The quantitative estimate of drug-likeness (QED) is 0.708. The van der Waals surface area contributed by atoms with E-state index in [2.05, 4.69) is 0 Å². The van der Waals surface area contributed by atoms with E-state index in [1.165, 1.54) is 6.92 Å². The molecule has 0 N–H and O–H groups in total. The third kappa shape index (κ3) is 4.96. The second kappa shape index (κ2) is 6.70. The monoisotopic (exact) mass is 380 g/mol. The molecular weight excluding hydrogens is 371 g/mol. The zero-order valence-electron chi connectivity index (χ0n) is 10.3. The molecule has 0 heterocycles. The van der Waals surface area contributed by atoms with Crippen molar-refractivity contribution in [2.45, 2.75) is 11.8 Å². The van der Waals surface area contributed by atoms with E-state index in [1.807, 2.05) is 0 Å². The molecule has 0 aromatic heterocycles. The topological polar surface area (TPSA) is 77.5 Å². The van der Waals surface area contributed by atoms with E-state index in [0.717, 1.165) is 12.1 Å². The molecule has 0 saturated carbocycles. The van der Waals surface area contributed by atoms with Gasteiger partial charge in [-0.05, 0) is 12.1 Å². The van der Waals surface area contributed by atoms with Crippen molar-refractivity contribution in [2.75, 3.05) is 18.1 Å². The molecule has 0 spiro atoms. The minimum Gasteiger partial charge on any atom is -0.489 e. The van der Waals surface area contributed by atoms with Crippen molar-refractivity contribution in [3.8, 4) is 5.75 Å². The number of rotatable bonds is 6. The highest BCUT2D eigenvalue weighted by Crippen LogP contribution is 2.36. The Balaban J connectivity index is 2.93. The van der Waals surface area contributed by atoms with Gasteiger partial charge in [0, 0.05) is 16.4 Å². The minimum absolute atomic E-state index is 0.00124. The smallest absolute Gasteiger partial charge is 0.261 e. The summed E-state index contributed by atoms with van der Waals surface area (Å²) >= 11 is 11.7. The molecule has 0 aliphatic carbocycles. The van der Waals surface area contributed by atoms with Crippen LogP contribution in [0.2, 0.25) is 10.0 Å². The van der Waals surface area contributed by atoms with Crippen LogP contribution in [0.15, 0.2) is 17.0 Å². The van der Waals surface area contributed by atoms with Crippen molar-refractivity contribution in [1.29, 1.82) is 0 Å². The lowest BCUT2D eigenvalue weighted by Crippen LogP contribution is -2.15.